The number of nitrogens with zero attached hydrogens (tertiary/aromatic N) is 1. The number of carbonyl (C=O) groups is 1. The molecule has 2 heterocycles. The summed E-state index contributed by atoms with van der Waals surface area (Å²) >= 11 is 0. The van der Waals surface area contributed by atoms with Crippen molar-refractivity contribution in [3.8, 4) is 0 Å². The lowest BCUT2D eigenvalue weighted by atomic mass is 9.77. The fourth-order valence-corrected chi connectivity index (χ4v) is 8.21. The summed E-state index contributed by atoms with van der Waals surface area (Å²) in [5, 5.41) is 19.0. The van der Waals surface area contributed by atoms with Crippen molar-refractivity contribution in [2.75, 3.05) is 6.54 Å². The monoisotopic (exact) mass is 585 g/mol. The van der Waals surface area contributed by atoms with Crippen LogP contribution in [0.5, 0.6) is 0 Å². The zero-order valence-corrected chi connectivity index (χ0v) is 25.3. The number of benzene rings is 4. The van der Waals surface area contributed by atoms with Crippen LogP contribution in [0.3, 0.4) is 0 Å². The smallest absolute Gasteiger partial charge is 0.315 e. The molecule has 44 heavy (non-hydrogen) atoms. The number of nitrogens with one attached hydrogen (secondary N) is 2. The average Bonchev–Trinajstić information content (AvgIpc) is 3.64. The van der Waals surface area contributed by atoms with Gasteiger partial charge < -0.3 is 15.7 Å². The third-order valence-corrected chi connectivity index (χ3v) is 10.5. The van der Waals surface area contributed by atoms with Crippen molar-refractivity contribution in [1.29, 1.82) is 0 Å². The Kier molecular flexibility index (Phi) is 8.24. The number of fused-ring (bicyclic) bond motifs is 5. The SMILES string of the molecule is O=C(N[C@@H](c1ccccc1)C(O)(c1ccccc1)c1ccccc1)N[C@H]1CC[C@H](CCN2[C@@H]3CC[C@H]2c2ccccc23)CC1. The quantitative estimate of drug-likeness (QED) is 0.188. The maximum Gasteiger partial charge on any atom is 0.315 e. The number of hydrogen-bond donors (Lipinski definition) is 3. The van der Waals surface area contributed by atoms with Crippen molar-refractivity contribution in [2.24, 2.45) is 5.92 Å². The van der Waals surface area contributed by atoms with E-state index in [0.29, 0.717) is 18.0 Å². The van der Waals surface area contributed by atoms with E-state index < -0.39 is 11.6 Å². The van der Waals surface area contributed by atoms with Gasteiger partial charge in [0, 0.05) is 18.1 Å². The highest BCUT2D eigenvalue weighted by Gasteiger charge is 2.44. The molecular formula is C39H43N3O2. The molecule has 1 saturated heterocycles. The molecule has 0 radical (unpaired) electrons. The summed E-state index contributed by atoms with van der Waals surface area (Å²) in [5.74, 6) is 0.706. The Labute approximate surface area is 261 Å². The largest absolute Gasteiger partial charge is 0.378 e. The highest BCUT2D eigenvalue weighted by Crippen LogP contribution is 2.53. The van der Waals surface area contributed by atoms with Gasteiger partial charge in [0.15, 0.2) is 0 Å². The maximum atomic E-state index is 13.6. The third-order valence-electron chi connectivity index (χ3n) is 10.5. The van der Waals surface area contributed by atoms with Gasteiger partial charge in [-0.3, -0.25) is 4.90 Å². The van der Waals surface area contributed by atoms with Crippen molar-refractivity contribution in [2.45, 2.75) is 74.7 Å². The molecule has 3 aliphatic rings. The molecule has 226 valence electrons. The van der Waals surface area contributed by atoms with Crippen LogP contribution < -0.4 is 10.6 Å². The van der Waals surface area contributed by atoms with Crippen molar-refractivity contribution in [3.05, 3.63) is 143 Å². The van der Waals surface area contributed by atoms with Gasteiger partial charge in [0.25, 0.3) is 0 Å². The van der Waals surface area contributed by atoms with Gasteiger partial charge in [-0.1, -0.05) is 115 Å². The minimum Gasteiger partial charge on any atom is -0.378 e. The number of amides is 2. The molecule has 3 N–H and O–H groups in total. The highest BCUT2D eigenvalue weighted by molar-refractivity contribution is 5.75. The van der Waals surface area contributed by atoms with E-state index in [1.807, 2.05) is 91.0 Å². The summed E-state index contributed by atoms with van der Waals surface area (Å²) in [6, 6.07) is 38.6. The summed E-state index contributed by atoms with van der Waals surface area (Å²) in [6.07, 6.45) is 8.08. The molecule has 0 aromatic heterocycles. The van der Waals surface area contributed by atoms with Crippen molar-refractivity contribution >= 4 is 6.03 Å². The number of hydrogen-bond acceptors (Lipinski definition) is 3. The molecule has 5 heteroatoms. The van der Waals surface area contributed by atoms with Gasteiger partial charge in [0.05, 0.1) is 6.04 Å². The van der Waals surface area contributed by atoms with E-state index >= 15 is 0 Å². The summed E-state index contributed by atoms with van der Waals surface area (Å²) < 4.78 is 0. The normalized spacial score (nSPS) is 23.6. The Balaban J connectivity index is 0.999. The first-order valence-electron chi connectivity index (χ1n) is 16.4. The predicted molar refractivity (Wildman–Crippen MR) is 175 cm³/mol. The van der Waals surface area contributed by atoms with Crippen LogP contribution >= 0.6 is 0 Å². The first-order valence-corrected chi connectivity index (χ1v) is 16.4. The van der Waals surface area contributed by atoms with Crippen LogP contribution in [0.4, 0.5) is 4.79 Å². The second kappa shape index (κ2) is 12.6. The Morgan fingerprint density at radius 1 is 0.705 bits per heavy atom. The zero-order valence-electron chi connectivity index (χ0n) is 25.3. The lowest BCUT2D eigenvalue weighted by Crippen LogP contribution is -2.50. The van der Waals surface area contributed by atoms with E-state index in [1.165, 1.54) is 25.8 Å². The molecule has 1 aliphatic carbocycles. The van der Waals surface area contributed by atoms with Gasteiger partial charge >= 0.3 is 6.03 Å². The minimum absolute atomic E-state index is 0.136. The Bertz CT molecular complexity index is 1470. The second-order valence-electron chi connectivity index (χ2n) is 12.9. The Morgan fingerprint density at radius 2 is 1.20 bits per heavy atom. The average molecular weight is 586 g/mol. The van der Waals surface area contributed by atoms with Crippen molar-refractivity contribution in [3.63, 3.8) is 0 Å². The standard InChI is InChI=1S/C39H43N3O2/c43-38(40-32-22-20-28(21-23-32)26-27-42-35-24-25-36(42)34-19-11-10-18-33(34)35)41-37(29-12-4-1-5-13-29)39(44,30-14-6-2-7-15-30)31-16-8-3-9-17-31/h1-19,28,32,35-37,44H,20-27H2,(H2,40,41,43)/t28-,32-,35-,36+,37-/m0/s1. The van der Waals surface area contributed by atoms with E-state index in [-0.39, 0.29) is 12.1 Å². The first kappa shape index (κ1) is 28.8. The number of rotatable bonds is 9. The molecular weight excluding hydrogens is 542 g/mol. The molecule has 2 fully saturated rings. The van der Waals surface area contributed by atoms with Crippen molar-refractivity contribution < 1.29 is 9.90 Å². The van der Waals surface area contributed by atoms with E-state index in [4.69, 9.17) is 0 Å². The van der Waals surface area contributed by atoms with Gasteiger partial charge in [-0.15, -0.1) is 0 Å². The molecule has 1 saturated carbocycles. The molecule has 4 aromatic rings. The molecule has 7 rings (SSSR count). The molecule has 2 aliphatic heterocycles. The van der Waals surface area contributed by atoms with Crippen molar-refractivity contribution in [1.82, 2.24) is 15.5 Å². The number of urea groups is 1. The molecule has 0 spiro atoms. The van der Waals surface area contributed by atoms with Gasteiger partial charge in [0.1, 0.15) is 5.60 Å². The van der Waals surface area contributed by atoms with Crippen LogP contribution in [0, 0.1) is 5.92 Å². The molecule has 3 atom stereocenters. The summed E-state index contributed by atoms with van der Waals surface area (Å²) in [6.45, 7) is 1.17. The lowest BCUT2D eigenvalue weighted by molar-refractivity contribution is 0.0398. The molecule has 4 aromatic carbocycles. The predicted octanol–water partition coefficient (Wildman–Crippen LogP) is 7.80. The third kappa shape index (κ3) is 5.55. The van der Waals surface area contributed by atoms with Crippen LogP contribution in [-0.4, -0.2) is 28.6 Å². The minimum atomic E-state index is -1.46. The Morgan fingerprint density at radius 3 is 1.75 bits per heavy atom. The van der Waals surface area contributed by atoms with Crippen LogP contribution in [0.2, 0.25) is 0 Å². The van der Waals surface area contributed by atoms with E-state index in [1.54, 1.807) is 11.1 Å². The lowest BCUT2D eigenvalue weighted by Gasteiger charge is -2.38. The van der Waals surface area contributed by atoms with E-state index in [2.05, 4.69) is 39.8 Å². The van der Waals surface area contributed by atoms with Crippen LogP contribution in [0.1, 0.15) is 90.9 Å². The maximum absolute atomic E-state index is 13.6. The Hall–Kier alpha value is -3.93. The number of aliphatic hydroxyl groups is 1. The van der Waals surface area contributed by atoms with Gasteiger partial charge in [-0.05, 0) is 85.2 Å². The topological polar surface area (TPSA) is 64.6 Å². The second-order valence-corrected chi connectivity index (χ2v) is 12.9. The molecule has 2 amide bonds. The number of carbonyl (C=O) groups excluding carboxylic acids is 1. The van der Waals surface area contributed by atoms with E-state index in [0.717, 1.165) is 42.4 Å². The van der Waals surface area contributed by atoms with E-state index in [9.17, 15) is 9.90 Å². The fraction of sp³-hybridized carbons (Fsp3) is 0.359. The molecule has 0 unspecified atom stereocenters. The van der Waals surface area contributed by atoms with Crippen LogP contribution in [0.15, 0.2) is 115 Å². The zero-order chi connectivity index (χ0) is 29.9. The van der Waals surface area contributed by atoms with Gasteiger partial charge in [-0.25, -0.2) is 4.79 Å². The summed E-state index contributed by atoms with van der Waals surface area (Å²) in [4.78, 5) is 16.4. The summed E-state index contributed by atoms with van der Waals surface area (Å²) in [7, 11) is 0. The fourth-order valence-electron chi connectivity index (χ4n) is 8.21. The van der Waals surface area contributed by atoms with Crippen LogP contribution in [-0.2, 0) is 5.60 Å². The highest BCUT2D eigenvalue weighted by atomic mass is 16.3. The van der Waals surface area contributed by atoms with Crippen LogP contribution in [0.25, 0.3) is 0 Å². The molecule has 2 bridgehead atoms. The molecule has 5 nitrogen and oxygen atoms in total. The van der Waals surface area contributed by atoms with Gasteiger partial charge in [0.2, 0.25) is 0 Å². The summed E-state index contributed by atoms with van der Waals surface area (Å²) in [5.41, 5.74) is 3.96. The van der Waals surface area contributed by atoms with Gasteiger partial charge in [-0.2, -0.15) is 0 Å². The first-order chi connectivity index (χ1) is 21.6.